The van der Waals surface area contributed by atoms with Crippen molar-refractivity contribution < 1.29 is 24.2 Å². The van der Waals surface area contributed by atoms with Crippen LogP contribution in [-0.4, -0.2) is 30.2 Å². The molecule has 132 valence electrons. The van der Waals surface area contributed by atoms with E-state index in [1.165, 1.54) is 25.3 Å². The molecule has 0 radical (unpaired) electrons. The van der Waals surface area contributed by atoms with Gasteiger partial charge in [0.2, 0.25) is 0 Å². The van der Waals surface area contributed by atoms with Gasteiger partial charge >= 0.3 is 5.97 Å². The van der Waals surface area contributed by atoms with Crippen LogP contribution in [0.3, 0.4) is 0 Å². The average Bonchev–Trinajstić information content (AvgIpc) is 2.61. The molecule has 2 aromatic rings. The number of anilines is 1. The molecule has 0 aromatic heterocycles. The number of carboxylic acids is 1. The Kier molecular flexibility index (Phi) is 6.00. The smallest absolute Gasteiger partial charge is 0.335 e. The number of aryl methyl sites for hydroxylation is 1. The number of methoxy groups -OCH3 is 1. The van der Waals surface area contributed by atoms with Gasteiger partial charge in [0.25, 0.3) is 5.91 Å². The number of rotatable bonds is 7. The fraction of sp³-hybridized carbons (Fsp3) is 0.263. The van der Waals surface area contributed by atoms with Gasteiger partial charge in [-0.05, 0) is 43.2 Å². The zero-order chi connectivity index (χ0) is 18.4. The molecule has 0 bridgehead atoms. The van der Waals surface area contributed by atoms with Crippen LogP contribution in [0.5, 0.6) is 11.5 Å². The van der Waals surface area contributed by atoms with Crippen LogP contribution in [-0.2, 0) is 4.79 Å². The number of hydrogen-bond acceptors (Lipinski definition) is 4. The highest BCUT2D eigenvalue weighted by Crippen LogP contribution is 2.26. The van der Waals surface area contributed by atoms with Crippen molar-refractivity contribution in [2.45, 2.75) is 26.4 Å². The Morgan fingerprint density at radius 2 is 1.88 bits per heavy atom. The molecule has 0 saturated carbocycles. The lowest BCUT2D eigenvalue weighted by Crippen LogP contribution is -2.32. The second-order valence-corrected chi connectivity index (χ2v) is 5.49. The van der Waals surface area contributed by atoms with E-state index in [0.29, 0.717) is 17.9 Å². The van der Waals surface area contributed by atoms with Crippen LogP contribution in [0, 0.1) is 6.92 Å². The molecule has 0 aliphatic carbocycles. The molecular formula is C19H21NO5. The maximum atomic E-state index is 12.5. The van der Waals surface area contributed by atoms with Crippen molar-refractivity contribution in [2.75, 3.05) is 12.4 Å². The number of nitrogens with one attached hydrogen (secondary N) is 1. The van der Waals surface area contributed by atoms with E-state index in [1.54, 1.807) is 0 Å². The van der Waals surface area contributed by atoms with Gasteiger partial charge in [-0.3, -0.25) is 4.79 Å². The first-order chi connectivity index (χ1) is 12.0. The first kappa shape index (κ1) is 18.3. The lowest BCUT2D eigenvalue weighted by atomic mass is 10.1. The molecule has 0 heterocycles. The van der Waals surface area contributed by atoms with E-state index in [1.807, 2.05) is 38.1 Å². The summed E-state index contributed by atoms with van der Waals surface area (Å²) in [6.07, 6.45) is -0.194. The summed E-state index contributed by atoms with van der Waals surface area (Å²) in [6.45, 7) is 3.76. The predicted octanol–water partition coefficient (Wildman–Crippen LogP) is 3.50. The summed E-state index contributed by atoms with van der Waals surface area (Å²) in [4.78, 5) is 23.6. The van der Waals surface area contributed by atoms with Gasteiger partial charge in [0.15, 0.2) is 6.10 Å². The Balaban J connectivity index is 2.16. The first-order valence-electron chi connectivity index (χ1n) is 7.90. The first-order valence-corrected chi connectivity index (χ1v) is 7.90. The zero-order valence-corrected chi connectivity index (χ0v) is 14.4. The fourth-order valence-electron chi connectivity index (χ4n) is 2.30. The van der Waals surface area contributed by atoms with E-state index in [2.05, 4.69) is 5.32 Å². The lowest BCUT2D eigenvalue weighted by Gasteiger charge is -2.19. The second kappa shape index (κ2) is 8.19. The summed E-state index contributed by atoms with van der Waals surface area (Å²) in [5, 5.41) is 11.8. The molecule has 0 spiro atoms. The summed E-state index contributed by atoms with van der Waals surface area (Å²) < 4.78 is 11.0. The molecule has 25 heavy (non-hydrogen) atoms. The predicted molar refractivity (Wildman–Crippen MR) is 94.5 cm³/mol. The Bertz CT molecular complexity index is 772. The second-order valence-electron chi connectivity index (χ2n) is 5.49. The van der Waals surface area contributed by atoms with Crippen molar-refractivity contribution in [1.29, 1.82) is 0 Å². The molecule has 0 saturated heterocycles. The Hall–Kier alpha value is -3.02. The highest BCUT2D eigenvalue weighted by Gasteiger charge is 2.21. The van der Waals surface area contributed by atoms with Crippen molar-refractivity contribution in [3.63, 3.8) is 0 Å². The van der Waals surface area contributed by atoms with E-state index in [0.717, 1.165) is 5.56 Å². The quantitative estimate of drug-likeness (QED) is 0.804. The highest BCUT2D eigenvalue weighted by atomic mass is 16.5. The summed E-state index contributed by atoms with van der Waals surface area (Å²) >= 11 is 0. The molecule has 1 atom stereocenters. The minimum absolute atomic E-state index is 0.0815. The van der Waals surface area contributed by atoms with Crippen molar-refractivity contribution >= 4 is 17.6 Å². The van der Waals surface area contributed by atoms with Gasteiger partial charge in [0, 0.05) is 0 Å². The average molecular weight is 343 g/mol. The molecule has 1 amide bonds. The van der Waals surface area contributed by atoms with Crippen molar-refractivity contribution in [1.82, 2.24) is 0 Å². The number of carbonyl (C=O) groups excluding carboxylic acids is 1. The highest BCUT2D eigenvalue weighted by molar-refractivity contribution is 5.97. The number of benzene rings is 2. The number of hydrogen-bond donors (Lipinski definition) is 2. The van der Waals surface area contributed by atoms with Gasteiger partial charge < -0.3 is 19.9 Å². The van der Waals surface area contributed by atoms with Crippen LogP contribution in [0.4, 0.5) is 5.69 Å². The summed E-state index contributed by atoms with van der Waals surface area (Å²) in [5.41, 5.74) is 1.42. The molecule has 6 heteroatoms. The SMILES string of the molecule is CCC(Oc1ccccc1C)C(=O)Nc1ccc(C(=O)O)cc1OC. The molecule has 0 aliphatic heterocycles. The number of para-hydroxylation sites is 1. The van der Waals surface area contributed by atoms with Crippen LogP contribution < -0.4 is 14.8 Å². The number of carboxylic acid groups (broad SMARTS) is 1. The van der Waals surface area contributed by atoms with E-state index < -0.39 is 12.1 Å². The monoisotopic (exact) mass is 343 g/mol. The minimum atomic E-state index is -1.06. The lowest BCUT2D eigenvalue weighted by molar-refractivity contribution is -0.122. The maximum absolute atomic E-state index is 12.5. The molecule has 2 aromatic carbocycles. The van der Waals surface area contributed by atoms with Gasteiger partial charge in [-0.1, -0.05) is 25.1 Å². The van der Waals surface area contributed by atoms with Crippen molar-refractivity contribution in [3.8, 4) is 11.5 Å². The van der Waals surface area contributed by atoms with E-state index in [4.69, 9.17) is 14.6 Å². The van der Waals surface area contributed by atoms with Crippen LogP contribution in [0.2, 0.25) is 0 Å². The molecule has 1 unspecified atom stereocenters. The maximum Gasteiger partial charge on any atom is 0.335 e. The van der Waals surface area contributed by atoms with Gasteiger partial charge in [0.05, 0.1) is 18.4 Å². The van der Waals surface area contributed by atoms with Crippen LogP contribution in [0.25, 0.3) is 0 Å². The number of ether oxygens (including phenoxy) is 2. The van der Waals surface area contributed by atoms with Crippen LogP contribution >= 0.6 is 0 Å². The molecule has 0 aliphatic rings. The number of aromatic carboxylic acids is 1. The molecule has 2 N–H and O–H groups in total. The third-order valence-electron chi connectivity index (χ3n) is 3.73. The Morgan fingerprint density at radius 3 is 2.48 bits per heavy atom. The van der Waals surface area contributed by atoms with E-state index in [-0.39, 0.29) is 17.2 Å². The Labute approximate surface area is 146 Å². The van der Waals surface area contributed by atoms with Crippen molar-refractivity contribution in [2.24, 2.45) is 0 Å². The summed E-state index contributed by atoms with van der Waals surface area (Å²) in [5.74, 6) is -0.464. The molecular weight excluding hydrogens is 322 g/mol. The number of carbonyl (C=O) groups is 2. The standard InChI is InChI=1S/C19H21NO5/c1-4-15(25-16-8-6-5-7-12(16)2)18(21)20-14-10-9-13(19(22)23)11-17(14)24-3/h5-11,15H,4H2,1-3H3,(H,20,21)(H,22,23). The zero-order valence-electron chi connectivity index (χ0n) is 14.4. The third kappa shape index (κ3) is 4.50. The molecule has 0 fully saturated rings. The molecule has 6 nitrogen and oxygen atoms in total. The topological polar surface area (TPSA) is 84.9 Å². The molecule has 2 rings (SSSR count). The van der Waals surface area contributed by atoms with E-state index in [9.17, 15) is 9.59 Å². The fourth-order valence-corrected chi connectivity index (χ4v) is 2.30. The van der Waals surface area contributed by atoms with Gasteiger partial charge in [-0.15, -0.1) is 0 Å². The van der Waals surface area contributed by atoms with Crippen LogP contribution in [0.15, 0.2) is 42.5 Å². The largest absolute Gasteiger partial charge is 0.495 e. The van der Waals surface area contributed by atoms with Gasteiger partial charge in [-0.2, -0.15) is 0 Å². The van der Waals surface area contributed by atoms with Gasteiger partial charge in [-0.25, -0.2) is 4.79 Å². The van der Waals surface area contributed by atoms with Crippen molar-refractivity contribution in [3.05, 3.63) is 53.6 Å². The summed E-state index contributed by atoms with van der Waals surface area (Å²) in [7, 11) is 1.41. The summed E-state index contributed by atoms with van der Waals surface area (Å²) in [6, 6.07) is 11.7. The van der Waals surface area contributed by atoms with Gasteiger partial charge in [0.1, 0.15) is 11.5 Å². The third-order valence-corrected chi connectivity index (χ3v) is 3.73. The Morgan fingerprint density at radius 1 is 1.16 bits per heavy atom. The van der Waals surface area contributed by atoms with Crippen LogP contribution in [0.1, 0.15) is 29.3 Å². The normalized spacial score (nSPS) is 11.5. The minimum Gasteiger partial charge on any atom is -0.495 e. The van der Waals surface area contributed by atoms with E-state index >= 15 is 0 Å². The number of amides is 1.